The molecule has 2 amide bonds. The number of hydrogen-bond acceptors (Lipinski definition) is 4. The number of nitrogens with one attached hydrogen (secondary N) is 1. The van der Waals surface area contributed by atoms with E-state index >= 15 is 0 Å². The summed E-state index contributed by atoms with van der Waals surface area (Å²) in [5, 5.41) is 4.16. The van der Waals surface area contributed by atoms with Crippen LogP contribution < -0.4 is 9.62 Å². The summed E-state index contributed by atoms with van der Waals surface area (Å²) < 4.78 is 26.1. The Morgan fingerprint density at radius 3 is 2.14 bits per heavy atom. The maximum absolute atomic E-state index is 13.4. The van der Waals surface area contributed by atoms with Gasteiger partial charge in [0.05, 0.1) is 17.0 Å². The molecule has 0 spiro atoms. The summed E-state index contributed by atoms with van der Waals surface area (Å²) in [6.07, 6.45) is 1.17. The summed E-state index contributed by atoms with van der Waals surface area (Å²) in [7, 11) is -3.72. The fourth-order valence-electron chi connectivity index (χ4n) is 3.57. The highest BCUT2D eigenvalue weighted by Gasteiger charge is 2.30. The minimum absolute atomic E-state index is 0.00593. The monoisotopic (exact) mass is 609 g/mol. The predicted octanol–water partition coefficient (Wildman–Crippen LogP) is 6.18. The summed E-state index contributed by atoms with van der Waals surface area (Å²) in [5.41, 5.74) is 0.230. The van der Waals surface area contributed by atoms with Crippen molar-refractivity contribution in [3.8, 4) is 0 Å². The van der Waals surface area contributed by atoms with Crippen LogP contribution in [0, 0.1) is 0 Å². The van der Waals surface area contributed by atoms with Gasteiger partial charge in [-0.1, -0.05) is 52.5 Å². The van der Waals surface area contributed by atoms with Crippen LogP contribution in [0.25, 0.3) is 0 Å². The third-order valence-electron chi connectivity index (χ3n) is 5.38. The van der Waals surface area contributed by atoms with Crippen LogP contribution in [0.2, 0.25) is 20.1 Å². The Bertz CT molecular complexity index is 1230. The van der Waals surface area contributed by atoms with E-state index in [1.54, 1.807) is 31.2 Å². The summed E-state index contributed by atoms with van der Waals surface area (Å²) >= 11 is 25.0. The maximum atomic E-state index is 13.4. The van der Waals surface area contributed by atoms with Crippen molar-refractivity contribution in [2.45, 2.75) is 58.7 Å². The van der Waals surface area contributed by atoms with E-state index in [1.807, 2.05) is 20.8 Å². The second-order valence-corrected chi connectivity index (χ2v) is 13.2. The van der Waals surface area contributed by atoms with E-state index in [-0.39, 0.29) is 48.5 Å². The lowest BCUT2D eigenvalue weighted by Gasteiger charge is -2.32. The zero-order valence-corrected chi connectivity index (χ0v) is 25.2. The average Bonchev–Trinajstić information content (AvgIpc) is 2.76. The zero-order chi connectivity index (χ0) is 28.1. The quantitative estimate of drug-likeness (QED) is 0.348. The number of nitrogens with zero attached hydrogens (tertiary/aromatic N) is 2. The molecule has 37 heavy (non-hydrogen) atoms. The molecular formula is C25H31Cl4N3O4S. The molecule has 0 radical (unpaired) electrons. The first-order chi connectivity index (χ1) is 17.0. The van der Waals surface area contributed by atoms with Crippen LogP contribution in [-0.2, 0) is 26.2 Å². The van der Waals surface area contributed by atoms with Gasteiger partial charge in [-0.25, -0.2) is 8.42 Å². The van der Waals surface area contributed by atoms with Crippen molar-refractivity contribution in [3.05, 3.63) is 62.1 Å². The molecule has 0 fully saturated rings. The Morgan fingerprint density at radius 1 is 1.00 bits per heavy atom. The Morgan fingerprint density at radius 2 is 1.59 bits per heavy atom. The van der Waals surface area contributed by atoms with Crippen LogP contribution in [0.1, 0.15) is 46.1 Å². The molecule has 0 aliphatic rings. The van der Waals surface area contributed by atoms with Crippen molar-refractivity contribution in [1.29, 1.82) is 0 Å². The normalized spacial score (nSPS) is 12.7. The van der Waals surface area contributed by atoms with Crippen LogP contribution in [0.4, 0.5) is 5.69 Å². The second-order valence-electron chi connectivity index (χ2n) is 9.67. The van der Waals surface area contributed by atoms with Gasteiger partial charge in [-0.15, -0.1) is 0 Å². The van der Waals surface area contributed by atoms with E-state index in [0.717, 1.165) is 10.6 Å². The molecule has 0 heterocycles. The summed E-state index contributed by atoms with van der Waals surface area (Å²) in [6, 6.07) is 8.68. The molecule has 0 aliphatic carbocycles. The highest BCUT2D eigenvalue weighted by molar-refractivity contribution is 7.92. The minimum Gasteiger partial charge on any atom is -0.350 e. The molecule has 7 nitrogen and oxygen atoms in total. The lowest BCUT2D eigenvalue weighted by Crippen LogP contribution is -2.52. The smallest absolute Gasteiger partial charge is 0.242 e. The third-order valence-corrected chi connectivity index (χ3v) is 7.83. The zero-order valence-electron chi connectivity index (χ0n) is 21.3. The topological polar surface area (TPSA) is 86.8 Å². The van der Waals surface area contributed by atoms with Gasteiger partial charge in [-0.05, 0) is 64.4 Å². The number of anilines is 1. The molecule has 0 saturated carbocycles. The predicted molar refractivity (Wildman–Crippen MR) is 152 cm³/mol. The van der Waals surface area contributed by atoms with Crippen molar-refractivity contribution in [2.75, 3.05) is 17.1 Å². The van der Waals surface area contributed by atoms with Crippen molar-refractivity contribution in [1.82, 2.24) is 10.2 Å². The molecule has 2 aromatic rings. The molecule has 204 valence electrons. The highest BCUT2D eigenvalue weighted by atomic mass is 35.5. The molecular weight excluding hydrogens is 580 g/mol. The number of sulfonamides is 1. The van der Waals surface area contributed by atoms with E-state index in [2.05, 4.69) is 5.32 Å². The number of halogens is 4. The van der Waals surface area contributed by atoms with E-state index in [4.69, 9.17) is 46.4 Å². The lowest BCUT2D eigenvalue weighted by atomic mass is 10.1. The van der Waals surface area contributed by atoms with Crippen LogP contribution in [0.3, 0.4) is 0 Å². The van der Waals surface area contributed by atoms with Gasteiger partial charge in [0.25, 0.3) is 0 Å². The molecule has 2 aromatic carbocycles. The minimum atomic E-state index is -3.72. The second kappa shape index (κ2) is 12.9. The largest absolute Gasteiger partial charge is 0.350 e. The Balaban J connectivity index is 2.28. The fraction of sp³-hybridized carbons (Fsp3) is 0.440. The van der Waals surface area contributed by atoms with Crippen LogP contribution >= 0.6 is 46.4 Å². The molecule has 0 unspecified atom stereocenters. The molecule has 1 atom stereocenters. The van der Waals surface area contributed by atoms with Gasteiger partial charge in [0.15, 0.2) is 0 Å². The number of rotatable bonds is 10. The number of amides is 2. The van der Waals surface area contributed by atoms with E-state index in [9.17, 15) is 18.0 Å². The first-order valence-electron chi connectivity index (χ1n) is 11.5. The Kier molecular flexibility index (Phi) is 11.0. The van der Waals surface area contributed by atoms with Gasteiger partial charge in [-0.2, -0.15) is 0 Å². The molecule has 0 saturated heterocycles. The standard InChI is InChI=1S/C25H31Cl4N3O4S/c1-16(24(34)30-25(2,3)4)31(15-18-19(27)8-6-9-20(18)28)23(33)10-7-13-32(37(5,35)36)22-14-17(26)11-12-21(22)29/h6,8-9,11-12,14,16H,7,10,13,15H2,1-5H3,(H,30,34)/t16-/m0/s1. The van der Waals surface area contributed by atoms with Gasteiger partial charge in [0.2, 0.25) is 21.8 Å². The first-order valence-corrected chi connectivity index (χ1v) is 14.8. The van der Waals surface area contributed by atoms with Crippen molar-refractivity contribution < 1.29 is 18.0 Å². The van der Waals surface area contributed by atoms with E-state index in [1.165, 1.54) is 17.0 Å². The van der Waals surface area contributed by atoms with Gasteiger partial charge >= 0.3 is 0 Å². The Labute approximate surface area is 239 Å². The molecule has 12 heteroatoms. The molecule has 1 N–H and O–H groups in total. The summed E-state index contributed by atoms with van der Waals surface area (Å²) in [4.78, 5) is 27.8. The highest BCUT2D eigenvalue weighted by Crippen LogP contribution is 2.31. The number of carbonyl (C=O) groups excluding carboxylic acids is 2. The van der Waals surface area contributed by atoms with Gasteiger partial charge in [0.1, 0.15) is 6.04 Å². The first kappa shape index (κ1) is 31.5. The SMILES string of the molecule is C[C@@H](C(=O)NC(C)(C)C)N(Cc1c(Cl)cccc1Cl)C(=O)CCCN(c1cc(Cl)ccc1Cl)S(C)(=O)=O. The lowest BCUT2D eigenvalue weighted by molar-refractivity contribution is -0.141. The van der Waals surface area contributed by atoms with Crippen LogP contribution in [0.5, 0.6) is 0 Å². The summed E-state index contributed by atoms with van der Waals surface area (Å²) in [6.45, 7) is 7.14. The van der Waals surface area contributed by atoms with Gasteiger partial charge in [-0.3, -0.25) is 13.9 Å². The van der Waals surface area contributed by atoms with Gasteiger partial charge in [0, 0.05) is 45.7 Å². The maximum Gasteiger partial charge on any atom is 0.242 e. The molecule has 0 bridgehead atoms. The molecule has 0 aliphatic heterocycles. The number of carbonyl (C=O) groups is 2. The molecule has 2 rings (SSSR count). The van der Waals surface area contributed by atoms with Gasteiger partial charge < -0.3 is 10.2 Å². The Hall–Kier alpha value is -1.71. The van der Waals surface area contributed by atoms with E-state index < -0.39 is 21.6 Å². The molecule has 0 aromatic heterocycles. The number of benzene rings is 2. The van der Waals surface area contributed by atoms with Crippen LogP contribution in [-0.4, -0.2) is 49.5 Å². The average molecular weight is 611 g/mol. The van der Waals surface area contributed by atoms with E-state index in [0.29, 0.717) is 20.6 Å². The van der Waals surface area contributed by atoms with Crippen molar-refractivity contribution >= 4 is 73.9 Å². The fourth-order valence-corrected chi connectivity index (χ4v) is 5.49. The van der Waals surface area contributed by atoms with Crippen molar-refractivity contribution in [2.24, 2.45) is 0 Å². The van der Waals surface area contributed by atoms with Crippen molar-refractivity contribution in [3.63, 3.8) is 0 Å². The van der Waals surface area contributed by atoms with Crippen LogP contribution in [0.15, 0.2) is 36.4 Å². The number of hydrogen-bond donors (Lipinski definition) is 1. The third kappa shape index (κ3) is 9.21. The summed E-state index contributed by atoms with van der Waals surface area (Å²) in [5.74, 6) is -0.703.